The largest absolute Gasteiger partial charge is 0.490 e. The summed E-state index contributed by atoms with van der Waals surface area (Å²) in [7, 11) is 0. The first kappa shape index (κ1) is 15.6. The van der Waals surface area contributed by atoms with E-state index in [0.717, 1.165) is 41.5 Å². The van der Waals surface area contributed by atoms with E-state index in [1.807, 2.05) is 25.1 Å². The average Bonchev–Trinajstić information content (AvgIpc) is 2.43. The van der Waals surface area contributed by atoms with Gasteiger partial charge in [-0.1, -0.05) is 34.1 Å². The summed E-state index contributed by atoms with van der Waals surface area (Å²) in [4.78, 5) is 0. The summed E-state index contributed by atoms with van der Waals surface area (Å²) in [5.74, 6) is 0.991. The summed E-state index contributed by atoms with van der Waals surface area (Å²) >= 11 is 3.55. The molecule has 0 aliphatic heterocycles. The van der Waals surface area contributed by atoms with E-state index in [2.05, 4.69) is 29.4 Å². The quantitative estimate of drug-likeness (QED) is 0.700. The molecule has 0 heterocycles. The van der Waals surface area contributed by atoms with Crippen LogP contribution in [0.15, 0.2) is 34.8 Å². The molecule has 1 aliphatic carbocycles. The molecule has 0 saturated heterocycles. The molecule has 0 spiro atoms. The Morgan fingerprint density at radius 1 is 1.25 bits per heavy atom. The third kappa shape index (κ3) is 4.35. The van der Waals surface area contributed by atoms with E-state index in [1.165, 1.54) is 5.56 Å². The van der Waals surface area contributed by atoms with Crippen LogP contribution in [0.4, 0.5) is 0 Å². The third-order valence-corrected chi connectivity index (χ3v) is 4.56. The van der Waals surface area contributed by atoms with Crippen molar-refractivity contribution >= 4 is 15.9 Å². The van der Waals surface area contributed by atoms with Crippen LogP contribution in [-0.4, -0.2) is 18.8 Å². The smallest absolute Gasteiger partial charge is 0.123 e. The Bertz CT molecular complexity index is 462. The van der Waals surface area contributed by atoms with Gasteiger partial charge in [0.2, 0.25) is 0 Å². The van der Waals surface area contributed by atoms with Gasteiger partial charge >= 0.3 is 0 Å². The fraction of sp³-hybridized carbons (Fsp3) is 0.529. The Hall–Kier alpha value is -0.800. The van der Waals surface area contributed by atoms with Crippen molar-refractivity contribution in [2.24, 2.45) is 0 Å². The second-order valence-electron chi connectivity index (χ2n) is 5.65. The van der Waals surface area contributed by atoms with Crippen LogP contribution >= 0.6 is 15.9 Å². The van der Waals surface area contributed by atoms with Crippen LogP contribution in [0.1, 0.15) is 38.2 Å². The van der Waals surface area contributed by atoms with Crippen LogP contribution in [0.2, 0.25) is 0 Å². The average molecular weight is 339 g/mol. The minimum absolute atomic E-state index is 0.313. The summed E-state index contributed by atoms with van der Waals surface area (Å²) < 4.78 is 13.1. The topological polar surface area (TPSA) is 18.5 Å². The van der Waals surface area contributed by atoms with Crippen LogP contribution in [-0.2, 0) is 4.74 Å². The van der Waals surface area contributed by atoms with Gasteiger partial charge in [-0.25, -0.2) is 0 Å². The minimum atomic E-state index is 0.313. The summed E-state index contributed by atoms with van der Waals surface area (Å²) in [5, 5.41) is 0. The lowest BCUT2D eigenvalue weighted by Gasteiger charge is -2.29. The maximum absolute atomic E-state index is 6.14. The maximum Gasteiger partial charge on any atom is 0.123 e. The Morgan fingerprint density at radius 3 is 2.55 bits per heavy atom. The molecule has 0 N–H and O–H groups in total. The van der Waals surface area contributed by atoms with Crippen molar-refractivity contribution in [3.05, 3.63) is 40.4 Å². The lowest BCUT2D eigenvalue weighted by molar-refractivity contribution is 0.0131. The van der Waals surface area contributed by atoms with Gasteiger partial charge in [0.1, 0.15) is 5.75 Å². The lowest BCUT2D eigenvalue weighted by atomic mass is 9.95. The Labute approximate surface area is 130 Å². The van der Waals surface area contributed by atoms with Gasteiger partial charge in [0.15, 0.2) is 0 Å². The molecule has 0 unspecified atom stereocenters. The molecule has 0 aromatic heterocycles. The standard InChI is InChI=1S/C17H23BrO2/c1-12(2)11-19-14-7-9-15(10-8-14)20-17-6-4-5-16(18)13(17)3/h4-6,14-15H,1,7-11H2,2-3H3. The summed E-state index contributed by atoms with van der Waals surface area (Å²) in [6.45, 7) is 8.64. The van der Waals surface area contributed by atoms with E-state index in [1.54, 1.807) is 0 Å². The predicted octanol–water partition coefficient (Wildman–Crippen LogP) is 5.04. The summed E-state index contributed by atoms with van der Waals surface area (Å²) in [6, 6.07) is 6.11. The first-order valence-electron chi connectivity index (χ1n) is 7.24. The molecule has 2 nitrogen and oxygen atoms in total. The number of hydrogen-bond donors (Lipinski definition) is 0. The fourth-order valence-electron chi connectivity index (χ4n) is 2.47. The van der Waals surface area contributed by atoms with Crippen LogP contribution < -0.4 is 4.74 Å². The van der Waals surface area contributed by atoms with Crippen molar-refractivity contribution < 1.29 is 9.47 Å². The highest BCUT2D eigenvalue weighted by atomic mass is 79.9. The van der Waals surface area contributed by atoms with Gasteiger partial charge in [0.05, 0.1) is 18.8 Å². The van der Waals surface area contributed by atoms with Crippen molar-refractivity contribution in [2.45, 2.75) is 51.7 Å². The zero-order valence-corrected chi connectivity index (χ0v) is 13.9. The number of ether oxygens (including phenoxy) is 2. The SMILES string of the molecule is C=C(C)COC1CCC(Oc2cccc(Br)c2C)CC1. The van der Waals surface area contributed by atoms with Crippen LogP contribution in [0.3, 0.4) is 0 Å². The van der Waals surface area contributed by atoms with Crippen LogP contribution in [0.5, 0.6) is 5.75 Å². The lowest BCUT2D eigenvalue weighted by Crippen LogP contribution is -2.28. The number of halogens is 1. The maximum atomic E-state index is 6.14. The molecule has 1 fully saturated rings. The highest BCUT2D eigenvalue weighted by Crippen LogP contribution is 2.30. The molecule has 1 aromatic rings. The molecule has 1 saturated carbocycles. The number of rotatable bonds is 5. The van der Waals surface area contributed by atoms with Crippen molar-refractivity contribution in [1.82, 2.24) is 0 Å². The first-order valence-corrected chi connectivity index (χ1v) is 8.03. The molecule has 0 radical (unpaired) electrons. The second-order valence-corrected chi connectivity index (χ2v) is 6.50. The van der Waals surface area contributed by atoms with E-state index >= 15 is 0 Å². The Morgan fingerprint density at radius 2 is 1.90 bits per heavy atom. The predicted molar refractivity (Wildman–Crippen MR) is 86.3 cm³/mol. The van der Waals surface area contributed by atoms with E-state index in [-0.39, 0.29) is 0 Å². The fourth-order valence-corrected chi connectivity index (χ4v) is 2.82. The third-order valence-electron chi connectivity index (χ3n) is 3.70. The normalized spacial score (nSPS) is 22.6. The van der Waals surface area contributed by atoms with Gasteiger partial charge in [0.25, 0.3) is 0 Å². The molecular formula is C17H23BrO2. The monoisotopic (exact) mass is 338 g/mol. The molecular weight excluding hydrogens is 316 g/mol. The second kappa shape index (κ2) is 7.28. The van der Waals surface area contributed by atoms with Gasteiger partial charge in [-0.15, -0.1) is 0 Å². The van der Waals surface area contributed by atoms with E-state index < -0.39 is 0 Å². The van der Waals surface area contributed by atoms with E-state index in [0.29, 0.717) is 18.8 Å². The zero-order valence-electron chi connectivity index (χ0n) is 12.3. The van der Waals surface area contributed by atoms with Gasteiger partial charge in [-0.2, -0.15) is 0 Å². The van der Waals surface area contributed by atoms with Gasteiger partial charge in [0, 0.05) is 10.0 Å². The Balaban J connectivity index is 1.82. The van der Waals surface area contributed by atoms with Crippen molar-refractivity contribution in [3.8, 4) is 5.75 Å². The van der Waals surface area contributed by atoms with E-state index in [9.17, 15) is 0 Å². The molecule has 3 heteroatoms. The molecule has 0 atom stereocenters. The first-order chi connectivity index (χ1) is 9.56. The molecule has 1 aromatic carbocycles. The van der Waals surface area contributed by atoms with Crippen LogP contribution in [0.25, 0.3) is 0 Å². The number of benzene rings is 1. The van der Waals surface area contributed by atoms with E-state index in [4.69, 9.17) is 9.47 Å². The zero-order chi connectivity index (χ0) is 14.5. The minimum Gasteiger partial charge on any atom is -0.490 e. The highest BCUT2D eigenvalue weighted by Gasteiger charge is 2.23. The van der Waals surface area contributed by atoms with Crippen molar-refractivity contribution in [3.63, 3.8) is 0 Å². The van der Waals surface area contributed by atoms with Gasteiger partial charge < -0.3 is 9.47 Å². The molecule has 0 bridgehead atoms. The molecule has 2 rings (SSSR count). The molecule has 1 aliphatic rings. The molecule has 20 heavy (non-hydrogen) atoms. The Kier molecular flexibility index (Phi) is 5.67. The molecule has 0 amide bonds. The van der Waals surface area contributed by atoms with Gasteiger partial charge in [-0.3, -0.25) is 0 Å². The molecule has 110 valence electrons. The summed E-state index contributed by atoms with van der Waals surface area (Å²) in [5.41, 5.74) is 2.27. The number of hydrogen-bond acceptors (Lipinski definition) is 2. The highest BCUT2D eigenvalue weighted by molar-refractivity contribution is 9.10. The van der Waals surface area contributed by atoms with Crippen molar-refractivity contribution in [2.75, 3.05) is 6.61 Å². The van der Waals surface area contributed by atoms with Gasteiger partial charge in [-0.05, 0) is 51.7 Å². The van der Waals surface area contributed by atoms with Crippen molar-refractivity contribution in [1.29, 1.82) is 0 Å². The summed E-state index contributed by atoms with van der Waals surface area (Å²) in [6.07, 6.45) is 4.96. The van der Waals surface area contributed by atoms with Crippen LogP contribution in [0, 0.1) is 6.92 Å².